The predicted molar refractivity (Wildman–Crippen MR) is 132 cm³/mol. The fourth-order valence-electron chi connectivity index (χ4n) is 3.94. The van der Waals surface area contributed by atoms with Crippen LogP contribution in [0.4, 0.5) is 0 Å². The van der Waals surface area contributed by atoms with Gasteiger partial charge in [0.2, 0.25) is 0 Å². The Balaban J connectivity index is 1.59. The highest BCUT2D eigenvalue weighted by Gasteiger charge is 1.99. The van der Waals surface area contributed by atoms with Gasteiger partial charge < -0.3 is 0 Å². The minimum atomic E-state index is 1.08. The monoisotopic (exact) mass is 396 g/mol. The summed E-state index contributed by atoms with van der Waals surface area (Å²) >= 11 is 0. The maximum absolute atomic E-state index is 3.35. The van der Waals surface area contributed by atoms with Gasteiger partial charge in [0.1, 0.15) is 0 Å². The molecule has 0 saturated carbocycles. The fraction of sp³-hybridized carbons (Fsp3) is 0.400. The van der Waals surface area contributed by atoms with E-state index in [9.17, 15) is 0 Å². The highest BCUT2D eigenvalue weighted by molar-refractivity contribution is 5.84. The van der Waals surface area contributed by atoms with Crippen LogP contribution in [-0.4, -0.2) is 0 Å². The maximum Gasteiger partial charge on any atom is 0.0255 e. The van der Waals surface area contributed by atoms with Crippen molar-refractivity contribution in [2.45, 2.75) is 78.1 Å². The zero-order chi connectivity index (χ0) is 21.0. The van der Waals surface area contributed by atoms with Gasteiger partial charge in [0.25, 0.3) is 0 Å². The van der Waals surface area contributed by atoms with Gasteiger partial charge in [0.15, 0.2) is 0 Å². The molecule has 0 saturated heterocycles. The number of aryl methyl sites for hydroxylation is 2. The average Bonchev–Trinajstić information content (AvgIpc) is 2.78. The van der Waals surface area contributed by atoms with E-state index in [1.165, 1.54) is 86.1 Å². The van der Waals surface area contributed by atoms with E-state index in [1.54, 1.807) is 0 Å². The number of unbranched alkanes of at least 4 members (excludes halogenated alkanes) is 6. The molecule has 0 aliphatic rings. The Morgan fingerprint density at radius 3 is 1.83 bits per heavy atom. The molecule has 0 unspecified atom stereocenters. The lowest BCUT2D eigenvalue weighted by Gasteiger charge is -2.04. The number of fused-ring (bicyclic) bond motifs is 1. The summed E-state index contributed by atoms with van der Waals surface area (Å²) in [6.07, 6.45) is 12.9. The molecule has 0 atom stereocenters. The van der Waals surface area contributed by atoms with E-state index < -0.39 is 0 Å². The van der Waals surface area contributed by atoms with Crippen LogP contribution in [0.2, 0.25) is 0 Å². The standard InChI is InChI=1S/C30H36/c1-3-5-7-8-10-11-25-13-15-26(16-14-25)17-18-28-20-22-29-23-27(12-9-6-4-2)19-21-30(29)24-28/h13-16,19-24H,3-12H2,1-2H3. The molecule has 0 fully saturated rings. The summed E-state index contributed by atoms with van der Waals surface area (Å²) in [7, 11) is 0. The van der Waals surface area contributed by atoms with Gasteiger partial charge in [0, 0.05) is 11.1 Å². The third-order valence-electron chi connectivity index (χ3n) is 5.85. The summed E-state index contributed by atoms with van der Waals surface area (Å²) in [5, 5.41) is 2.59. The van der Waals surface area contributed by atoms with E-state index in [1.807, 2.05) is 0 Å². The predicted octanol–water partition coefficient (Wildman–Crippen LogP) is 8.49. The normalized spacial score (nSPS) is 10.7. The van der Waals surface area contributed by atoms with Crippen molar-refractivity contribution in [1.29, 1.82) is 0 Å². The molecule has 0 nitrogen and oxygen atoms in total. The Labute approximate surface area is 183 Å². The molecule has 0 N–H and O–H groups in total. The van der Waals surface area contributed by atoms with Crippen LogP contribution in [0, 0.1) is 11.8 Å². The van der Waals surface area contributed by atoms with Crippen molar-refractivity contribution in [2.75, 3.05) is 0 Å². The van der Waals surface area contributed by atoms with Crippen LogP contribution in [0.3, 0.4) is 0 Å². The van der Waals surface area contributed by atoms with Gasteiger partial charge in [-0.2, -0.15) is 0 Å². The molecule has 3 aromatic carbocycles. The average molecular weight is 397 g/mol. The van der Waals surface area contributed by atoms with E-state index in [-0.39, 0.29) is 0 Å². The molecule has 0 aliphatic heterocycles. The summed E-state index contributed by atoms with van der Waals surface area (Å²) in [6.45, 7) is 4.52. The summed E-state index contributed by atoms with van der Waals surface area (Å²) in [5.41, 5.74) is 5.05. The molecule has 3 aromatic rings. The largest absolute Gasteiger partial charge is 0.0654 e. The van der Waals surface area contributed by atoms with Gasteiger partial charge in [-0.3, -0.25) is 0 Å². The first-order valence-corrected chi connectivity index (χ1v) is 11.9. The molecule has 0 aliphatic carbocycles. The van der Waals surface area contributed by atoms with Crippen molar-refractivity contribution in [3.8, 4) is 11.8 Å². The number of benzene rings is 3. The first kappa shape index (κ1) is 22.2. The SMILES string of the molecule is CCCCCCCc1ccc(C#Cc2ccc3cc(CCCCC)ccc3c2)cc1. The summed E-state index contributed by atoms with van der Waals surface area (Å²) in [5.74, 6) is 6.68. The molecule has 0 amide bonds. The van der Waals surface area contributed by atoms with Crippen molar-refractivity contribution in [1.82, 2.24) is 0 Å². The number of hydrogen-bond donors (Lipinski definition) is 0. The van der Waals surface area contributed by atoms with Crippen LogP contribution < -0.4 is 0 Å². The minimum Gasteiger partial charge on any atom is -0.0654 e. The van der Waals surface area contributed by atoms with Gasteiger partial charge in [-0.05, 0) is 71.8 Å². The van der Waals surface area contributed by atoms with E-state index in [0.29, 0.717) is 0 Å². The van der Waals surface area contributed by atoms with Crippen LogP contribution in [0.25, 0.3) is 10.8 Å². The van der Waals surface area contributed by atoms with Crippen molar-refractivity contribution in [3.63, 3.8) is 0 Å². The van der Waals surface area contributed by atoms with Crippen molar-refractivity contribution < 1.29 is 0 Å². The highest BCUT2D eigenvalue weighted by Crippen LogP contribution is 2.19. The van der Waals surface area contributed by atoms with Crippen LogP contribution in [0.1, 0.15) is 87.5 Å². The molecule has 156 valence electrons. The first-order valence-electron chi connectivity index (χ1n) is 11.9. The fourth-order valence-corrected chi connectivity index (χ4v) is 3.94. The van der Waals surface area contributed by atoms with Crippen molar-refractivity contribution >= 4 is 10.8 Å². The van der Waals surface area contributed by atoms with Crippen LogP contribution in [0.15, 0.2) is 60.7 Å². The summed E-state index contributed by atoms with van der Waals surface area (Å²) in [4.78, 5) is 0. The molecule has 0 heterocycles. The van der Waals surface area contributed by atoms with E-state index >= 15 is 0 Å². The van der Waals surface area contributed by atoms with Crippen molar-refractivity contribution in [3.05, 3.63) is 82.9 Å². The van der Waals surface area contributed by atoms with E-state index in [4.69, 9.17) is 0 Å². The lowest BCUT2D eigenvalue weighted by atomic mass is 10.0. The lowest BCUT2D eigenvalue weighted by molar-refractivity contribution is 0.632. The second-order valence-electron chi connectivity index (χ2n) is 8.46. The zero-order valence-electron chi connectivity index (χ0n) is 18.8. The molecule has 0 spiro atoms. The topological polar surface area (TPSA) is 0 Å². The molecule has 3 rings (SSSR count). The van der Waals surface area contributed by atoms with Gasteiger partial charge in [-0.25, -0.2) is 0 Å². The van der Waals surface area contributed by atoms with E-state index in [2.05, 4.69) is 86.4 Å². The number of hydrogen-bond acceptors (Lipinski definition) is 0. The zero-order valence-corrected chi connectivity index (χ0v) is 18.8. The second-order valence-corrected chi connectivity index (χ2v) is 8.46. The van der Waals surface area contributed by atoms with Crippen LogP contribution >= 0.6 is 0 Å². The van der Waals surface area contributed by atoms with Crippen LogP contribution in [-0.2, 0) is 12.8 Å². The molecule has 0 radical (unpaired) electrons. The van der Waals surface area contributed by atoms with Crippen molar-refractivity contribution in [2.24, 2.45) is 0 Å². The van der Waals surface area contributed by atoms with E-state index in [0.717, 1.165) is 11.1 Å². The Bertz CT molecular complexity index is 966. The lowest BCUT2D eigenvalue weighted by Crippen LogP contribution is -1.87. The molecule has 0 heteroatoms. The highest BCUT2D eigenvalue weighted by atomic mass is 14.0. The minimum absolute atomic E-state index is 1.08. The molecule has 30 heavy (non-hydrogen) atoms. The molecular weight excluding hydrogens is 360 g/mol. The third-order valence-corrected chi connectivity index (χ3v) is 5.85. The quantitative estimate of drug-likeness (QED) is 0.238. The second kappa shape index (κ2) is 12.2. The Kier molecular flexibility index (Phi) is 9.04. The molecule has 0 aromatic heterocycles. The third kappa shape index (κ3) is 7.07. The van der Waals surface area contributed by atoms with Gasteiger partial charge >= 0.3 is 0 Å². The molecule has 0 bridgehead atoms. The Morgan fingerprint density at radius 2 is 1.03 bits per heavy atom. The van der Waals surface area contributed by atoms with Crippen LogP contribution in [0.5, 0.6) is 0 Å². The maximum atomic E-state index is 3.35. The van der Waals surface area contributed by atoms with Gasteiger partial charge in [-0.15, -0.1) is 0 Å². The molecular formula is C30H36. The summed E-state index contributed by atoms with van der Waals surface area (Å²) < 4.78 is 0. The Morgan fingerprint density at radius 1 is 0.500 bits per heavy atom. The smallest absolute Gasteiger partial charge is 0.0255 e. The first-order chi connectivity index (χ1) is 14.8. The van der Waals surface area contributed by atoms with Gasteiger partial charge in [0.05, 0.1) is 0 Å². The number of rotatable bonds is 10. The Hall–Kier alpha value is -2.52. The summed E-state index contributed by atoms with van der Waals surface area (Å²) in [6, 6.07) is 22.2. The van der Waals surface area contributed by atoms with Gasteiger partial charge in [-0.1, -0.05) is 101 Å².